The Morgan fingerprint density at radius 2 is 1.82 bits per heavy atom. The number of thioether (sulfide) groups is 1. The predicted molar refractivity (Wildman–Crippen MR) is 97.4 cm³/mol. The van der Waals surface area contributed by atoms with E-state index in [1.54, 1.807) is 11.8 Å². The van der Waals surface area contributed by atoms with Gasteiger partial charge < -0.3 is 10.6 Å². The minimum Gasteiger partial charge on any atom is -0.374 e. The zero-order valence-electron chi connectivity index (χ0n) is 12.2. The summed E-state index contributed by atoms with van der Waals surface area (Å²) in [5.41, 5.74) is 6.91. The monoisotopic (exact) mass is 357 g/mol. The van der Waals surface area contributed by atoms with E-state index in [4.69, 9.17) is 5.73 Å². The van der Waals surface area contributed by atoms with Crippen molar-refractivity contribution in [2.24, 2.45) is 0 Å². The molecule has 1 aliphatic heterocycles. The second-order valence-corrected chi connectivity index (χ2v) is 7.27. The number of piperazine rings is 1. The van der Waals surface area contributed by atoms with Crippen LogP contribution >= 0.6 is 35.5 Å². The zero-order valence-corrected chi connectivity index (χ0v) is 14.7. The van der Waals surface area contributed by atoms with Crippen molar-refractivity contribution in [1.82, 2.24) is 15.1 Å². The van der Waals surface area contributed by atoms with Crippen LogP contribution in [0.1, 0.15) is 0 Å². The summed E-state index contributed by atoms with van der Waals surface area (Å²) in [7, 11) is 0. The van der Waals surface area contributed by atoms with Gasteiger partial charge in [-0.15, -0.1) is 22.6 Å². The fourth-order valence-electron chi connectivity index (χ4n) is 2.41. The second-order valence-electron chi connectivity index (χ2n) is 4.92. The van der Waals surface area contributed by atoms with Crippen molar-refractivity contribution in [3.8, 4) is 0 Å². The molecule has 2 N–H and O–H groups in total. The molecule has 0 atom stereocenters. The predicted octanol–water partition coefficient (Wildman–Crippen LogP) is 2.46. The summed E-state index contributed by atoms with van der Waals surface area (Å²) in [6, 6.07) is 10.6. The highest BCUT2D eigenvalue weighted by Crippen LogP contribution is 2.23. The van der Waals surface area contributed by atoms with E-state index in [1.807, 2.05) is 0 Å². The number of nitrogen functional groups attached to an aromatic ring is 1. The van der Waals surface area contributed by atoms with Crippen LogP contribution in [0.2, 0.25) is 0 Å². The molecule has 22 heavy (non-hydrogen) atoms. The Labute approximate surface area is 145 Å². The zero-order chi connectivity index (χ0) is 14.5. The van der Waals surface area contributed by atoms with Gasteiger partial charge in [-0.1, -0.05) is 41.3 Å². The van der Waals surface area contributed by atoms with Gasteiger partial charge >= 0.3 is 0 Å². The first-order valence-corrected chi connectivity index (χ1v) is 8.85. The number of hydrogen-bond donors (Lipinski definition) is 1. The topological polar surface area (TPSA) is 58.3 Å². The van der Waals surface area contributed by atoms with Gasteiger partial charge in [0.1, 0.15) is 0 Å². The van der Waals surface area contributed by atoms with Crippen molar-refractivity contribution in [1.29, 1.82) is 0 Å². The molecule has 0 saturated carbocycles. The van der Waals surface area contributed by atoms with Gasteiger partial charge in [-0.05, 0) is 12.1 Å². The first-order chi connectivity index (χ1) is 10.3. The molecule has 0 spiro atoms. The molecule has 2 heterocycles. The van der Waals surface area contributed by atoms with E-state index >= 15 is 0 Å². The van der Waals surface area contributed by atoms with E-state index < -0.39 is 0 Å². The summed E-state index contributed by atoms with van der Waals surface area (Å²) in [5, 5.41) is 8.41. The Bertz CT molecular complexity index is 557. The Morgan fingerprint density at radius 1 is 1.09 bits per heavy atom. The number of rotatable bonds is 5. The Morgan fingerprint density at radius 3 is 2.45 bits per heavy atom. The molecule has 1 fully saturated rings. The molecular weight excluding hydrogens is 338 g/mol. The van der Waals surface area contributed by atoms with Crippen molar-refractivity contribution in [2.75, 3.05) is 49.1 Å². The normalized spacial score (nSPS) is 15.5. The number of hydrogen-bond acceptors (Lipinski definition) is 7. The molecule has 8 heteroatoms. The van der Waals surface area contributed by atoms with Crippen LogP contribution in [0, 0.1) is 0 Å². The third-order valence-corrected chi connectivity index (χ3v) is 5.41. The summed E-state index contributed by atoms with van der Waals surface area (Å²) in [6.45, 7) is 5.52. The van der Waals surface area contributed by atoms with E-state index in [0.717, 1.165) is 42.8 Å². The number of nitrogens with two attached hydrogens (primary N) is 1. The molecule has 0 bridgehead atoms. The van der Waals surface area contributed by atoms with Gasteiger partial charge in [-0.3, -0.25) is 4.90 Å². The average Bonchev–Trinajstić information content (AvgIpc) is 2.94. The fourth-order valence-corrected chi connectivity index (χ4v) is 4.12. The van der Waals surface area contributed by atoms with Gasteiger partial charge in [0.25, 0.3) is 0 Å². The standard InChI is InChI=1S/C14H19N5S2.ClH/c15-13-16-17-14(21-13)20-11-10-18-6-8-19(9-7-18)12-4-2-1-3-5-12;/h1-5H,6-11H2,(H2,15,16);1H. The van der Waals surface area contributed by atoms with Crippen molar-refractivity contribution in [3.63, 3.8) is 0 Å². The minimum atomic E-state index is 0. The SMILES string of the molecule is Cl.Nc1nnc(SCCN2CCN(c3ccccc3)CC2)s1. The van der Waals surface area contributed by atoms with Gasteiger partial charge in [0.15, 0.2) is 4.34 Å². The molecule has 3 rings (SSSR count). The summed E-state index contributed by atoms with van der Waals surface area (Å²) in [6.07, 6.45) is 0. The van der Waals surface area contributed by atoms with E-state index in [9.17, 15) is 0 Å². The maximum absolute atomic E-state index is 5.58. The summed E-state index contributed by atoms with van der Waals surface area (Å²) < 4.78 is 0.968. The number of aromatic nitrogens is 2. The lowest BCUT2D eigenvalue weighted by Crippen LogP contribution is -2.47. The van der Waals surface area contributed by atoms with Gasteiger partial charge in [0, 0.05) is 44.2 Å². The van der Waals surface area contributed by atoms with Crippen LogP contribution < -0.4 is 10.6 Å². The van der Waals surface area contributed by atoms with Crippen molar-refractivity contribution in [2.45, 2.75) is 4.34 Å². The molecule has 0 unspecified atom stereocenters. The number of para-hydroxylation sites is 1. The van der Waals surface area contributed by atoms with E-state index in [-0.39, 0.29) is 12.4 Å². The molecule has 0 radical (unpaired) electrons. The molecule has 5 nitrogen and oxygen atoms in total. The highest BCUT2D eigenvalue weighted by Gasteiger charge is 2.16. The van der Waals surface area contributed by atoms with Crippen molar-refractivity contribution in [3.05, 3.63) is 30.3 Å². The lowest BCUT2D eigenvalue weighted by molar-refractivity contribution is 0.273. The number of anilines is 2. The first-order valence-electron chi connectivity index (χ1n) is 7.05. The molecule has 1 aromatic heterocycles. The average molecular weight is 358 g/mol. The fraction of sp³-hybridized carbons (Fsp3) is 0.429. The molecule has 2 aromatic rings. The first kappa shape index (κ1) is 17.3. The Balaban J connectivity index is 0.00000176. The molecule has 1 saturated heterocycles. The Kier molecular flexibility index (Phi) is 6.75. The molecule has 1 aliphatic rings. The van der Waals surface area contributed by atoms with Crippen LogP contribution in [-0.2, 0) is 0 Å². The third kappa shape index (κ3) is 4.74. The largest absolute Gasteiger partial charge is 0.374 e. The van der Waals surface area contributed by atoms with Crippen LogP contribution in [0.15, 0.2) is 34.7 Å². The highest BCUT2D eigenvalue weighted by atomic mass is 35.5. The second kappa shape index (κ2) is 8.57. The quantitative estimate of drug-likeness (QED) is 0.829. The van der Waals surface area contributed by atoms with Crippen molar-refractivity contribution >= 4 is 46.3 Å². The van der Waals surface area contributed by atoms with Gasteiger partial charge in [-0.2, -0.15) is 0 Å². The maximum atomic E-state index is 5.58. The van der Waals surface area contributed by atoms with Gasteiger partial charge in [0.2, 0.25) is 5.13 Å². The summed E-state index contributed by atoms with van der Waals surface area (Å²) in [4.78, 5) is 4.96. The summed E-state index contributed by atoms with van der Waals surface area (Å²) >= 11 is 3.21. The van der Waals surface area contributed by atoms with E-state index in [0.29, 0.717) is 5.13 Å². The minimum absolute atomic E-state index is 0. The molecule has 120 valence electrons. The summed E-state index contributed by atoms with van der Waals surface area (Å²) in [5.74, 6) is 1.04. The highest BCUT2D eigenvalue weighted by molar-refractivity contribution is 8.01. The molecular formula is C14H20ClN5S2. The number of benzene rings is 1. The number of nitrogens with zero attached hydrogens (tertiary/aromatic N) is 4. The number of halogens is 1. The Hall–Kier alpha value is -1.02. The lowest BCUT2D eigenvalue weighted by atomic mass is 10.2. The molecule has 0 amide bonds. The van der Waals surface area contributed by atoms with Crippen molar-refractivity contribution < 1.29 is 0 Å². The van der Waals surface area contributed by atoms with Crippen LogP contribution in [0.3, 0.4) is 0 Å². The van der Waals surface area contributed by atoms with E-state index in [2.05, 4.69) is 50.3 Å². The van der Waals surface area contributed by atoms with Gasteiger partial charge in [0.05, 0.1) is 0 Å². The molecule has 0 aliphatic carbocycles. The molecule has 1 aromatic carbocycles. The van der Waals surface area contributed by atoms with Crippen LogP contribution in [-0.4, -0.2) is 53.6 Å². The van der Waals surface area contributed by atoms with Crippen LogP contribution in [0.25, 0.3) is 0 Å². The van der Waals surface area contributed by atoms with E-state index in [1.165, 1.54) is 17.0 Å². The smallest absolute Gasteiger partial charge is 0.203 e. The van der Waals surface area contributed by atoms with Gasteiger partial charge in [-0.25, -0.2) is 0 Å². The maximum Gasteiger partial charge on any atom is 0.203 e. The lowest BCUT2D eigenvalue weighted by Gasteiger charge is -2.36. The van der Waals surface area contributed by atoms with Crippen LogP contribution in [0.4, 0.5) is 10.8 Å². The van der Waals surface area contributed by atoms with Crippen LogP contribution in [0.5, 0.6) is 0 Å². The third-order valence-electron chi connectivity index (χ3n) is 3.55.